The fraction of sp³-hybridized carbons (Fsp3) is 0.556. The van der Waals surface area contributed by atoms with Gasteiger partial charge in [-0.3, -0.25) is 0 Å². The van der Waals surface area contributed by atoms with Gasteiger partial charge in [0, 0.05) is 0 Å². The Kier molecular flexibility index (Phi) is 7.65. The summed E-state index contributed by atoms with van der Waals surface area (Å²) < 4.78 is 3.65. The fourth-order valence-electron chi connectivity index (χ4n) is 2.79. The second-order valence-corrected chi connectivity index (χ2v) is 20.5. The summed E-state index contributed by atoms with van der Waals surface area (Å²) in [5.41, 5.74) is 6.29. The Morgan fingerprint density at radius 1 is 0.818 bits per heavy atom. The van der Waals surface area contributed by atoms with Crippen molar-refractivity contribution in [2.45, 2.75) is 54.6 Å². The molecule has 122 valence electrons. The van der Waals surface area contributed by atoms with E-state index in [1.807, 2.05) is 19.8 Å². The summed E-state index contributed by atoms with van der Waals surface area (Å²) in [5, 5.41) is 0. The van der Waals surface area contributed by atoms with Crippen LogP contribution in [0.4, 0.5) is 0 Å². The summed E-state index contributed by atoms with van der Waals surface area (Å²) in [6.45, 7) is 16.0. The van der Waals surface area contributed by atoms with Crippen LogP contribution in [0, 0.1) is 11.8 Å². The van der Waals surface area contributed by atoms with Gasteiger partial charge in [0.1, 0.15) is 0 Å². The van der Waals surface area contributed by atoms with Crippen LogP contribution in [-0.4, -0.2) is 6.69 Å². The predicted octanol–water partition coefficient (Wildman–Crippen LogP) is 6.97. The standard InChI is InChI=1S/2C8H11.C2H6Cl2Si.Hf/c2*1-6-4-7(2)8(3)5-6;1-5(2,3)4;/h2*4,8H,1-3H3;1-2H3;. The molecule has 0 heterocycles. The summed E-state index contributed by atoms with van der Waals surface area (Å²) in [7, 11) is 0. The number of halogens is 2. The van der Waals surface area contributed by atoms with E-state index in [-0.39, 0.29) is 0 Å². The molecule has 0 saturated heterocycles. The van der Waals surface area contributed by atoms with E-state index in [1.165, 1.54) is 0 Å². The molecule has 22 heavy (non-hydrogen) atoms. The molecule has 0 radical (unpaired) electrons. The minimum absolute atomic E-state index is 0.728. The van der Waals surface area contributed by atoms with Gasteiger partial charge in [-0.25, -0.2) is 0 Å². The van der Waals surface area contributed by atoms with Gasteiger partial charge in [-0.2, -0.15) is 0 Å². The van der Waals surface area contributed by atoms with Crippen LogP contribution < -0.4 is 0 Å². The van der Waals surface area contributed by atoms with Crippen LogP contribution in [0.2, 0.25) is 13.1 Å². The van der Waals surface area contributed by atoms with Crippen LogP contribution in [0.25, 0.3) is 0 Å². The largest absolute Gasteiger partial charge is 0.245 e. The SMILES string of the molecule is CC1=CC(C)=[C]([Hf][C]2=C(C)C=C(C)C2C)C1C.C[Si](C)(Cl)Cl. The summed E-state index contributed by atoms with van der Waals surface area (Å²) in [4.78, 5) is 0. The number of hydrogen-bond donors (Lipinski definition) is 0. The second kappa shape index (κ2) is 8.14. The van der Waals surface area contributed by atoms with Gasteiger partial charge in [0.25, 0.3) is 0 Å². The van der Waals surface area contributed by atoms with Gasteiger partial charge in [-0.15, -0.1) is 22.2 Å². The first-order valence-corrected chi connectivity index (χ1v) is 16.5. The molecule has 0 saturated carbocycles. The van der Waals surface area contributed by atoms with Crippen molar-refractivity contribution in [1.29, 1.82) is 0 Å². The predicted molar refractivity (Wildman–Crippen MR) is 100 cm³/mol. The molecule has 2 unspecified atom stereocenters. The van der Waals surface area contributed by atoms with E-state index in [9.17, 15) is 0 Å². The maximum absolute atomic E-state index is 5.43. The van der Waals surface area contributed by atoms with Crippen LogP contribution >= 0.6 is 22.2 Å². The van der Waals surface area contributed by atoms with E-state index in [2.05, 4.69) is 53.7 Å². The van der Waals surface area contributed by atoms with Crippen molar-refractivity contribution in [2.75, 3.05) is 0 Å². The first-order valence-electron chi connectivity index (χ1n) is 7.84. The average molecular weight is 522 g/mol. The molecule has 2 atom stereocenters. The van der Waals surface area contributed by atoms with Crippen LogP contribution in [0.15, 0.2) is 41.1 Å². The van der Waals surface area contributed by atoms with Gasteiger partial charge in [0.2, 0.25) is 6.69 Å². The maximum Gasteiger partial charge on any atom is 0.245 e. The minimum atomic E-state index is -1.67. The van der Waals surface area contributed by atoms with Crippen LogP contribution in [0.1, 0.15) is 41.5 Å². The van der Waals surface area contributed by atoms with E-state index in [1.54, 1.807) is 22.3 Å². The Bertz CT molecular complexity index is 512. The van der Waals surface area contributed by atoms with Gasteiger partial charge < -0.3 is 0 Å². The number of rotatable bonds is 2. The normalized spacial score (nSPS) is 25.0. The van der Waals surface area contributed by atoms with Gasteiger partial charge in [-0.05, 0) is 13.1 Å². The molecule has 0 aromatic rings. The Hall–Kier alpha value is 0.627. The quantitative estimate of drug-likeness (QED) is 0.272. The molecule has 0 fully saturated rings. The zero-order valence-corrected chi connectivity index (χ0v) is 21.2. The monoisotopic (exact) mass is 522 g/mol. The zero-order chi connectivity index (χ0) is 17.2. The Morgan fingerprint density at radius 3 is 1.27 bits per heavy atom. The molecule has 2 aliphatic rings. The first-order chi connectivity index (χ1) is 9.91. The van der Waals surface area contributed by atoms with Crippen molar-refractivity contribution in [3.05, 3.63) is 41.1 Å². The molecule has 0 nitrogen and oxygen atoms in total. The molecule has 0 aromatic heterocycles. The molecule has 4 heteroatoms. The third kappa shape index (κ3) is 5.92. The fourth-order valence-corrected chi connectivity index (χ4v) is 8.95. The van der Waals surface area contributed by atoms with E-state index < -0.39 is 29.6 Å². The first kappa shape index (κ1) is 20.7. The van der Waals surface area contributed by atoms with Crippen LogP contribution in [0.5, 0.6) is 0 Å². The molecule has 2 rings (SSSR count). The van der Waals surface area contributed by atoms with E-state index in [0.29, 0.717) is 0 Å². The summed E-state index contributed by atoms with van der Waals surface area (Å²) in [6, 6.07) is 0. The molecular weight excluding hydrogens is 494 g/mol. The minimum Gasteiger partial charge on any atom is -0.146 e. The molecule has 0 aliphatic heterocycles. The van der Waals surface area contributed by atoms with Crippen molar-refractivity contribution in [3.63, 3.8) is 0 Å². The topological polar surface area (TPSA) is 0 Å². The van der Waals surface area contributed by atoms with Crippen molar-refractivity contribution in [1.82, 2.24) is 0 Å². The second-order valence-electron chi connectivity index (χ2n) is 6.87. The van der Waals surface area contributed by atoms with E-state index >= 15 is 0 Å². The summed E-state index contributed by atoms with van der Waals surface area (Å²) in [6.07, 6.45) is 4.81. The smallest absolute Gasteiger partial charge is 0.146 e. The van der Waals surface area contributed by atoms with Crippen molar-refractivity contribution >= 4 is 28.9 Å². The molecule has 2 aliphatic carbocycles. The Morgan fingerprint density at radius 2 is 1.09 bits per heavy atom. The molecule has 0 bridgehead atoms. The van der Waals surface area contributed by atoms with Crippen LogP contribution in [-0.2, 0) is 22.9 Å². The molecule has 0 N–H and O–H groups in total. The molecule has 0 amide bonds. The van der Waals surface area contributed by atoms with Crippen molar-refractivity contribution in [3.8, 4) is 0 Å². The number of allylic oxidation sites excluding steroid dienone is 8. The molecule has 0 aromatic carbocycles. The zero-order valence-electron chi connectivity index (χ0n) is 15.1. The van der Waals surface area contributed by atoms with Gasteiger partial charge in [0.05, 0.1) is 0 Å². The Labute approximate surface area is 158 Å². The van der Waals surface area contributed by atoms with Crippen molar-refractivity contribution in [2.24, 2.45) is 11.8 Å². The summed E-state index contributed by atoms with van der Waals surface area (Å²) in [5.74, 6) is 1.46. The Balaban J connectivity index is 0.000000422. The summed E-state index contributed by atoms with van der Waals surface area (Å²) >= 11 is 10.1. The average Bonchev–Trinajstić information content (AvgIpc) is 2.71. The number of hydrogen-bond acceptors (Lipinski definition) is 0. The third-order valence-electron chi connectivity index (χ3n) is 4.24. The van der Waals surface area contributed by atoms with Gasteiger partial charge in [-0.1, -0.05) is 0 Å². The molecule has 0 spiro atoms. The third-order valence-corrected chi connectivity index (χ3v) is 12.1. The van der Waals surface area contributed by atoms with Gasteiger partial charge >= 0.3 is 117 Å². The van der Waals surface area contributed by atoms with E-state index in [0.717, 1.165) is 11.8 Å². The van der Waals surface area contributed by atoms with Crippen LogP contribution in [0.3, 0.4) is 0 Å². The van der Waals surface area contributed by atoms with E-state index in [4.69, 9.17) is 22.2 Å². The maximum atomic E-state index is 5.43. The van der Waals surface area contributed by atoms with Crippen molar-refractivity contribution < 1.29 is 22.9 Å². The molecular formula is C18H28Cl2HfSi. The van der Waals surface area contributed by atoms with Gasteiger partial charge in [0.15, 0.2) is 0 Å².